The first-order valence-corrected chi connectivity index (χ1v) is 18.9. The number of thiazole rings is 1. The number of nitrogen functional groups attached to an aromatic ring is 1. The van der Waals surface area contributed by atoms with Gasteiger partial charge >= 0.3 is 0 Å². The number of anilines is 3. The van der Waals surface area contributed by atoms with Crippen LogP contribution in [0.3, 0.4) is 0 Å². The highest BCUT2D eigenvalue weighted by Crippen LogP contribution is 2.26. The minimum atomic E-state index is 0.0809. The molecule has 0 saturated carbocycles. The highest BCUT2D eigenvalue weighted by Gasteiger charge is 2.04. The third kappa shape index (κ3) is 17.5. The van der Waals surface area contributed by atoms with E-state index >= 15 is 0 Å². The van der Waals surface area contributed by atoms with E-state index in [0.29, 0.717) is 27.9 Å². The van der Waals surface area contributed by atoms with E-state index in [1.807, 2.05) is 109 Å². The fourth-order valence-electron chi connectivity index (χ4n) is 4.08. The Kier molecular flexibility index (Phi) is 19.7. The lowest BCUT2D eigenvalue weighted by Crippen LogP contribution is -2.10. The van der Waals surface area contributed by atoms with Gasteiger partial charge in [0.2, 0.25) is 0 Å². The first-order valence-electron chi connectivity index (χ1n) is 16.5. The fraction of sp³-hybridized carbons (Fsp3) is 0.0714. The number of hydrogen-bond acceptors (Lipinski definition) is 10. The number of hydrogen-bond donors (Lipinski definition) is 3. The van der Waals surface area contributed by atoms with Gasteiger partial charge in [-0.05, 0) is 73.2 Å². The normalized spacial score (nSPS) is 9.44. The summed E-state index contributed by atoms with van der Waals surface area (Å²) in [4.78, 5) is 38.2. The molecule has 0 amide bonds. The van der Waals surface area contributed by atoms with Crippen LogP contribution in [-0.4, -0.2) is 41.8 Å². The second-order valence-corrected chi connectivity index (χ2v) is 12.8. The molecule has 0 bridgehead atoms. The molecule has 274 valence electrons. The second-order valence-electron chi connectivity index (χ2n) is 10.9. The van der Waals surface area contributed by atoms with Crippen LogP contribution < -0.4 is 16.8 Å². The lowest BCUT2D eigenvalue weighted by atomic mass is 10.2. The van der Waals surface area contributed by atoms with Crippen LogP contribution in [-0.2, 0) is 6.42 Å². The SMILES string of the molecule is CC(=O)c1ccncc1.NC(=S)Cc1ccccc1.Nc1ccccc1.O=C(CBr)c1ccncc1.c1ccc(Nc2nc(-c3ccncc3)cs2)cc1. The minimum Gasteiger partial charge on any atom is -0.399 e. The Hall–Kier alpha value is -5.95. The Morgan fingerprint density at radius 3 is 1.63 bits per heavy atom. The van der Waals surface area contributed by atoms with Gasteiger partial charge in [0.15, 0.2) is 16.7 Å². The number of nitrogens with zero attached hydrogens (tertiary/aromatic N) is 4. The Morgan fingerprint density at radius 2 is 1.19 bits per heavy atom. The largest absolute Gasteiger partial charge is 0.399 e. The molecule has 0 atom stereocenters. The first kappa shape index (κ1) is 42.5. The van der Waals surface area contributed by atoms with Crippen LogP contribution >= 0.6 is 39.5 Å². The quantitative estimate of drug-likeness (QED) is 0.0586. The minimum absolute atomic E-state index is 0.0809. The molecule has 7 rings (SSSR count). The molecule has 0 saturated heterocycles. The zero-order valence-corrected chi connectivity index (χ0v) is 32.8. The average Bonchev–Trinajstić information content (AvgIpc) is 3.69. The predicted molar refractivity (Wildman–Crippen MR) is 229 cm³/mol. The molecule has 0 aliphatic carbocycles. The van der Waals surface area contributed by atoms with Gasteiger partial charge in [-0.1, -0.05) is 94.9 Å². The van der Waals surface area contributed by atoms with E-state index in [1.54, 1.807) is 72.8 Å². The van der Waals surface area contributed by atoms with Crippen molar-refractivity contribution in [3.63, 3.8) is 0 Å². The molecule has 0 unspecified atom stereocenters. The first-order chi connectivity index (χ1) is 26.2. The van der Waals surface area contributed by atoms with E-state index in [1.165, 1.54) is 12.5 Å². The molecule has 4 aromatic heterocycles. The van der Waals surface area contributed by atoms with Crippen molar-refractivity contribution in [3.05, 3.63) is 187 Å². The summed E-state index contributed by atoms with van der Waals surface area (Å²) in [6, 6.07) is 40.2. The number of Topliss-reactive ketones (excluding diaryl/α,β-unsaturated/α-hetero) is 2. The summed E-state index contributed by atoms with van der Waals surface area (Å²) in [5, 5.41) is 6.60. The molecule has 3 aromatic carbocycles. The fourth-order valence-corrected chi connectivity index (χ4v) is 5.31. The number of ketones is 2. The topological polar surface area (TPSA) is 150 Å². The number of benzene rings is 3. The van der Waals surface area contributed by atoms with Crippen molar-refractivity contribution >= 4 is 72.5 Å². The summed E-state index contributed by atoms with van der Waals surface area (Å²) in [6.07, 6.45) is 10.7. The zero-order valence-electron chi connectivity index (χ0n) is 29.5. The Balaban J connectivity index is 0.000000190. The van der Waals surface area contributed by atoms with Crippen molar-refractivity contribution in [3.8, 4) is 11.3 Å². The zero-order chi connectivity index (χ0) is 38.8. The standard InChI is InChI=1S/C14H11N3S.C8H9NS.C7H6BrNO.C7H7NO.C6H7N/c1-2-4-12(5-3-1)16-14-17-13(10-18-14)11-6-8-15-9-7-11;9-8(10)6-7-4-2-1-3-5-7;8-5-7(10)6-1-3-9-4-2-6;1-6(9)7-2-4-8-5-3-7;7-6-4-2-1-3-5-6/h1-10H,(H,16,17);1-5H,6H2,(H2,9,10);1-4H,5H2;2-5H,1H3;1-5H,7H2. The molecular formula is C42H40BrN7O2S2. The van der Waals surface area contributed by atoms with E-state index in [0.717, 1.165) is 27.8 Å². The van der Waals surface area contributed by atoms with Crippen LogP contribution in [0.5, 0.6) is 0 Å². The third-order valence-electron chi connectivity index (χ3n) is 6.74. The van der Waals surface area contributed by atoms with Gasteiger partial charge in [0.05, 0.1) is 16.0 Å². The Bertz CT molecular complexity index is 2080. The number of nitrogens with one attached hydrogen (secondary N) is 1. The van der Waals surface area contributed by atoms with E-state index in [2.05, 4.69) is 41.2 Å². The van der Waals surface area contributed by atoms with Crippen LogP contribution in [0.25, 0.3) is 11.3 Å². The highest BCUT2D eigenvalue weighted by atomic mass is 79.9. The van der Waals surface area contributed by atoms with Crippen LogP contribution in [0.15, 0.2) is 170 Å². The van der Waals surface area contributed by atoms with Gasteiger partial charge in [0, 0.05) is 77.0 Å². The van der Waals surface area contributed by atoms with Crippen molar-refractivity contribution in [2.75, 3.05) is 16.4 Å². The number of pyridine rings is 3. The van der Waals surface area contributed by atoms with Crippen molar-refractivity contribution < 1.29 is 9.59 Å². The van der Waals surface area contributed by atoms with Crippen molar-refractivity contribution in [1.82, 2.24) is 19.9 Å². The molecule has 7 aromatic rings. The van der Waals surface area contributed by atoms with E-state index in [4.69, 9.17) is 23.7 Å². The van der Waals surface area contributed by atoms with Crippen LogP contribution in [0.1, 0.15) is 33.2 Å². The average molecular weight is 819 g/mol. The summed E-state index contributed by atoms with van der Waals surface area (Å²) >= 11 is 9.43. The van der Waals surface area contributed by atoms with Crippen LogP contribution in [0.4, 0.5) is 16.5 Å². The molecule has 0 radical (unpaired) electrons. The smallest absolute Gasteiger partial charge is 0.187 e. The highest BCUT2D eigenvalue weighted by molar-refractivity contribution is 9.09. The van der Waals surface area contributed by atoms with Crippen molar-refractivity contribution in [1.29, 1.82) is 0 Å². The molecule has 0 aliphatic heterocycles. The van der Waals surface area contributed by atoms with Gasteiger partial charge in [0.25, 0.3) is 0 Å². The molecule has 54 heavy (non-hydrogen) atoms. The van der Waals surface area contributed by atoms with Gasteiger partial charge in [-0.25, -0.2) is 4.98 Å². The van der Waals surface area contributed by atoms with Gasteiger partial charge in [0.1, 0.15) is 0 Å². The molecule has 0 aliphatic rings. The van der Waals surface area contributed by atoms with Gasteiger partial charge in [-0.3, -0.25) is 24.5 Å². The monoisotopic (exact) mass is 817 g/mol. The number of rotatable bonds is 8. The molecule has 4 heterocycles. The Morgan fingerprint density at radius 1 is 0.704 bits per heavy atom. The third-order valence-corrected chi connectivity index (χ3v) is 8.15. The van der Waals surface area contributed by atoms with Gasteiger partial charge in [-0.2, -0.15) is 0 Å². The maximum atomic E-state index is 10.9. The lowest BCUT2D eigenvalue weighted by Gasteiger charge is -2.00. The number of para-hydroxylation sites is 2. The van der Waals surface area contributed by atoms with E-state index in [-0.39, 0.29) is 11.6 Å². The summed E-state index contributed by atoms with van der Waals surface area (Å²) in [5.41, 5.74) is 17.2. The maximum absolute atomic E-state index is 10.9. The number of nitrogens with two attached hydrogens (primary N) is 2. The van der Waals surface area contributed by atoms with Crippen molar-refractivity contribution in [2.24, 2.45) is 5.73 Å². The number of carbonyl (C=O) groups is 2. The molecule has 0 spiro atoms. The second kappa shape index (κ2) is 25.1. The van der Waals surface area contributed by atoms with E-state index < -0.39 is 0 Å². The number of thiocarbonyl (C=S) groups is 1. The number of aromatic nitrogens is 4. The number of carbonyl (C=O) groups excluding carboxylic acids is 2. The van der Waals surface area contributed by atoms with E-state index in [9.17, 15) is 9.59 Å². The number of halogens is 1. The van der Waals surface area contributed by atoms with Crippen molar-refractivity contribution in [2.45, 2.75) is 13.3 Å². The maximum Gasteiger partial charge on any atom is 0.187 e. The summed E-state index contributed by atoms with van der Waals surface area (Å²) in [6.45, 7) is 1.54. The van der Waals surface area contributed by atoms with Gasteiger partial charge in [-0.15, -0.1) is 11.3 Å². The Labute approximate surface area is 333 Å². The summed E-state index contributed by atoms with van der Waals surface area (Å²) in [7, 11) is 0. The predicted octanol–water partition coefficient (Wildman–Crippen LogP) is 9.68. The molecule has 12 heteroatoms. The molecule has 5 N–H and O–H groups in total. The summed E-state index contributed by atoms with van der Waals surface area (Å²) < 4.78 is 0. The van der Waals surface area contributed by atoms with Crippen LogP contribution in [0, 0.1) is 0 Å². The lowest BCUT2D eigenvalue weighted by molar-refractivity contribution is 0.101. The molecule has 9 nitrogen and oxygen atoms in total. The molecular weight excluding hydrogens is 779 g/mol. The van der Waals surface area contributed by atoms with Crippen LogP contribution in [0.2, 0.25) is 0 Å². The number of alkyl halides is 1. The van der Waals surface area contributed by atoms with Gasteiger partial charge < -0.3 is 16.8 Å². The summed E-state index contributed by atoms with van der Waals surface area (Å²) in [5.74, 6) is 0.166. The molecule has 0 fully saturated rings.